The Labute approximate surface area is 151 Å². The van der Waals surface area contributed by atoms with Crippen LogP contribution in [0.1, 0.15) is 31.4 Å². The van der Waals surface area contributed by atoms with Gasteiger partial charge in [-0.05, 0) is 24.5 Å². The van der Waals surface area contributed by atoms with Crippen LogP contribution in [0.5, 0.6) is 0 Å². The quantitative estimate of drug-likeness (QED) is 0.484. The van der Waals surface area contributed by atoms with Crippen molar-refractivity contribution in [1.82, 2.24) is 0 Å². The highest BCUT2D eigenvalue weighted by Gasteiger charge is 2.31. The van der Waals surface area contributed by atoms with Crippen molar-refractivity contribution in [3.05, 3.63) is 83.9 Å². The summed E-state index contributed by atoms with van der Waals surface area (Å²) in [7, 11) is 0. The summed E-state index contributed by atoms with van der Waals surface area (Å²) in [6.45, 7) is 5.52. The molecule has 2 nitrogen and oxygen atoms in total. The Morgan fingerprint density at radius 1 is 0.840 bits per heavy atom. The van der Waals surface area contributed by atoms with E-state index in [1.807, 2.05) is 48.6 Å². The topological polar surface area (TPSA) is 21.8 Å². The summed E-state index contributed by atoms with van der Waals surface area (Å²) in [5.74, 6) is 0. The molecule has 0 radical (unpaired) electrons. The van der Waals surface area contributed by atoms with Crippen LogP contribution in [0.3, 0.4) is 0 Å². The Balaban J connectivity index is 0.000000316. The first-order valence-electron chi connectivity index (χ1n) is 8.96. The van der Waals surface area contributed by atoms with E-state index < -0.39 is 0 Å². The van der Waals surface area contributed by atoms with E-state index in [1.165, 1.54) is 17.5 Å². The standard InChI is InChI=1S/C18H18O.C5H10O/c1-3-9-17(10-4-1)13-7-15-19-16-8-14-18-11-5-2-6-12-18;1-3-5-4(2)6-5/h1-14H,15-16H2;4-5H,3H2,1-2H3. The molecule has 2 aromatic carbocycles. The van der Waals surface area contributed by atoms with Crippen LogP contribution in [0.2, 0.25) is 0 Å². The third-order valence-electron chi connectivity index (χ3n) is 3.89. The van der Waals surface area contributed by atoms with Crippen molar-refractivity contribution in [1.29, 1.82) is 0 Å². The Bertz CT molecular complexity index is 580. The maximum Gasteiger partial charge on any atom is 0.0836 e. The SMILES string of the molecule is C(=Cc1ccccc1)COCC=Cc1ccccc1.CCC1OC1C. The summed E-state index contributed by atoms with van der Waals surface area (Å²) in [4.78, 5) is 0. The highest BCUT2D eigenvalue weighted by molar-refractivity contribution is 5.49. The second-order valence-electron chi connectivity index (χ2n) is 5.95. The molecule has 0 bridgehead atoms. The van der Waals surface area contributed by atoms with Crippen LogP contribution in [0, 0.1) is 0 Å². The predicted molar refractivity (Wildman–Crippen MR) is 106 cm³/mol. The van der Waals surface area contributed by atoms with E-state index in [0.29, 0.717) is 25.4 Å². The van der Waals surface area contributed by atoms with Gasteiger partial charge >= 0.3 is 0 Å². The lowest BCUT2D eigenvalue weighted by atomic mass is 10.2. The van der Waals surface area contributed by atoms with Gasteiger partial charge in [0.25, 0.3) is 0 Å². The second-order valence-corrected chi connectivity index (χ2v) is 5.95. The van der Waals surface area contributed by atoms with Gasteiger partial charge in [-0.1, -0.05) is 91.9 Å². The summed E-state index contributed by atoms with van der Waals surface area (Å²) in [6.07, 6.45) is 10.6. The fourth-order valence-corrected chi connectivity index (χ4v) is 2.36. The first-order chi connectivity index (χ1) is 12.3. The van der Waals surface area contributed by atoms with E-state index in [-0.39, 0.29) is 0 Å². The second kappa shape index (κ2) is 11.4. The third-order valence-corrected chi connectivity index (χ3v) is 3.89. The largest absolute Gasteiger partial charge is 0.373 e. The predicted octanol–water partition coefficient (Wildman–Crippen LogP) is 5.61. The molecule has 0 spiro atoms. The Kier molecular flexibility index (Phi) is 8.74. The highest BCUT2D eigenvalue weighted by Crippen LogP contribution is 2.23. The molecule has 0 N–H and O–H groups in total. The van der Waals surface area contributed by atoms with E-state index in [2.05, 4.69) is 50.3 Å². The zero-order valence-corrected chi connectivity index (χ0v) is 15.2. The van der Waals surface area contributed by atoms with Crippen LogP contribution < -0.4 is 0 Å². The van der Waals surface area contributed by atoms with Crippen LogP contribution in [0.25, 0.3) is 12.2 Å². The van der Waals surface area contributed by atoms with E-state index in [0.717, 1.165) is 0 Å². The molecule has 1 heterocycles. The number of benzene rings is 2. The molecule has 0 saturated carbocycles. The Morgan fingerprint density at radius 3 is 1.60 bits per heavy atom. The fraction of sp³-hybridized carbons (Fsp3) is 0.304. The maximum atomic E-state index is 5.50. The molecule has 2 unspecified atom stereocenters. The summed E-state index contributed by atoms with van der Waals surface area (Å²) in [5.41, 5.74) is 2.40. The number of epoxide rings is 1. The molecule has 2 heteroatoms. The van der Waals surface area contributed by atoms with Gasteiger partial charge in [-0.25, -0.2) is 0 Å². The summed E-state index contributed by atoms with van der Waals surface area (Å²) >= 11 is 0. The monoisotopic (exact) mass is 336 g/mol. The number of hydrogen-bond donors (Lipinski definition) is 0. The van der Waals surface area contributed by atoms with Crippen LogP contribution in [-0.4, -0.2) is 25.4 Å². The van der Waals surface area contributed by atoms with E-state index >= 15 is 0 Å². The molecule has 1 aliphatic heterocycles. The molecule has 1 saturated heterocycles. The molecule has 3 rings (SSSR count). The van der Waals surface area contributed by atoms with Gasteiger partial charge in [-0.3, -0.25) is 0 Å². The average molecular weight is 336 g/mol. The van der Waals surface area contributed by atoms with E-state index in [4.69, 9.17) is 9.47 Å². The Morgan fingerprint density at radius 2 is 1.28 bits per heavy atom. The summed E-state index contributed by atoms with van der Waals surface area (Å²) < 4.78 is 10.6. The molecule has 2 aromatic rings. The van der Waals surface area contributed by atoms with Crippen molar-refractivity contribution in [2.24, 2.45) is 0 Å². The summed E-state index contributed by atoms with van der Waals surface area (Å²) in [6, 6.07) is 20.5. The average Bonchev–Trinajstić information content (AvgIpc) is 3.39. The van der Waals surface area contributed by atoms with Gasteiger partial charge in [0.05, 0.1) is 25.4 Å². The lowest BCUT2D eigenvalue weighted by Gasteiger charge is -1.96. The molecular formula is C23H28O2. The smallest absolute Gasteiger partial charge is 0.0836 e. The van der Waals surface area contributed by atoms with E-state index in [9.17, 15) is 0 Å². The van der Waals surface area contributed by atoms with Crippen LogP contribution in [-0.2, 0) is 9.47 Å². The van der Waals surface area contributed by atoms with E-state index in [1.54, 1.807) is 0 Å². The molecule has 1 fully saturated rings. The van der Waals surface area contributed by atoms with Crippen molar-refractivity contribution in [3.8, 4) is 0 Å². The van der Waals surface area contributed by atoms with Crippen molar-refractivity contribution in [2.75, 3.05) is 13.2 Å². The van der Waals surface area contributed by atoms with Crippen molar-refractivity contribution < 1.29 is 9.47 Å². The van der Waals surface area contributed by atoms with Crippen LogP contribution in [0.4, 0.5) is 0 Å². The first-order valence-corrected chi connectivity index (χ1v) is 8.96. The number of rotatable bonds is 7. The minimum atomic E-state index is 0.565. The van der Waals surface area contributed by atoms with Gasteiger partial charge in [-0.2, -0.15) is 0 Å². The Hall–Kier alpha value is -2.16. The van der Waals surface area contributed by atoms with Gasteiger partial charge in [0.15, 0.2) is 0 Å². The molecule has 25 heavy (non-hydrogen) atoms. The molecule has 132 valence electrons. The van der Waals surface area contributed by atoms with Crippen LogP contribution >= 0.6 is 0 Å². The minimum absolute atomic E-state index is 0.565. The molecule has 2 atom stereocenters. The number of ether oxygens (including phenoxy) is 2. The fourth-order valence-electron chi connectivity index (χ4n) is 2.36. The maximum absolute atomic E-state index is 5.50. The van der Waals surface area contributed by atoms with Crippen LogP contribution in [0.15, 0.2) is 72.8 Å². The van der Waals surface area contributed by atoms with Gasteiger partial charge in [0.2, 0.25) is 0 Å². The highest BCUT2D eigenvalue weighted by atomic mass is 16.6. The van der Waals surface area contributed by atoms with Crippen molar-refractivity contribution >= 4 is 12.2 Å². The molecule has 0 amide bonds. The lowest BCUT2D eigenvalue weighted by molar-refractivity contribution is 0.195. The molecular weight excluding hydrogens is 308 g/mol. The minimum Gasteiger partial charge on any atom is -0.373 e. The molecule has 0 aliphatic carbocycles. The number of hydrogen-bond acceptors (Lipinski definition) is 2. The van der Waals surface area contributed by atoms with Gasteiger partial charge < -0.3 is 9.47 Å². The molecule has 1 aliphatic rings. The third kappa shape index (κ3) is 8.48. The first kappa shape index (κ1) is 19.2. The van der Waals surface area contributed by atoms with Gasteiger partial charge in [-0.15, -0.1) is 0 Å². The van der Waals surface area contributed by atoms with Gasteiger partial charge in [0.1, 0.15) is 0 Å². The normalized spacial score (nSPS) is 19.0. The summed E-state index contributed by atoms with van der Waals surface area (Å²) in [5, 5.41) is 0. The van der Waals surface area contributed by atoms with Crippen molar-refractivity contribution in [2.45, 2.75) is 32.5 Å². The lowest BCUT2D eigenvalue weighted by Crippen LogP contribution is -1.90. The van der Waals surface area contributed by atoms with Gasteiger partial charge in [0, 0.05) is 0 Å². The zero-order chi connectivity index (χ0) is 17.7. The molecule has 0 aromatic heterocycles. The van der Waals surface area contributed by atoms with Crippen molar-refractivity contribution in [3.63, 3.8) is 0 Å². The zero-order valence-electron chi connectivity index (χ0n) is 15.2.